The van der Waals surface area contributed by atoms with Crippen LogP contribution in [-0.4, -0.2) is 26.3 Å². The molecule has 0 spiro atoms. The zero-order chi connectivity index (χ0) is 18.3. The second-order valence-electron chi connectivity index (χ2n) is 6.57. The summed E-state index contributed by atoms with van der Waals surface area (Å²) < 4.78 is 19.9. The number of aromatic nitrogens is 3. The van der Waals surface area contributed by atoms with Gasteiger partial charge in [-0.25, -0.2) is 9.07 Å². The van der Waals surface area contributed by atoms with Crippen molar-refractivity contribution in [3.63, 3.8) is 0 Å². The number of thiophene rings is 1. The Morgan fingerprint density at radius 2 is 2.15 bits per heavy atom. The van der Waals surface area contributed by atoms with Crippen LogP contribution in [0.3, 0.4) is 0 Å². The predicted molar refractivity (Wildman–Crippen MR) is 108 cm³/mol. The second kappa shape index (κ2) is 7.34. The number of halogens is 2. The normalized spacial score (nSPS) is 14.3. The minimum atomic E-state index is -0.265. The molecule has 3 aromatic rings. The molecule has 0 radical (unpaired) electrons. The Morgan fingerprint density at radius 3 is 2.81 bits per heavy atom. The maximum atomic E-state index is 14.3. The van der Waals surface area contributed by atoms with Gasteiger partial charge in [0, 0.05) is 27.3 Å². The molecule has 0 amide bonds. The van der Waals surface area contributed by atoms with Crippen LogP contribution in [0.5, 0.6) is 0 Å². The Hall–Kier alpha value is -1.35. The van der Waals surface area contributed by atoms with Gasteiger partial charge < -0.3 is 0 Å². The molecule has 1 aromatic carbocycles. The summed E-state index contributed by atoms with van der Waals surface area (Å²) in [7, 11) is 2.04. The summed E-state index contributed by atoms with van der Waals surface area (Å²) in [4.78, 5) is 3.42. The second-order valence-corrected chi connectivity index (χ2v) is 8.85. The third-order valence-corrected chi connectivity index (χ3v) is 6.41. The summed E-state index contributed by atoms with van der Waals surface area (Å²) in [5.74, 6) is 0.362. The van der Waals surface area contributed by atoms with Crippen LogP contribution in [0.25, 0.3) is 11.4 Å². The summed E-state index contributed by atoms with van der Waals surface area (Å²) in [6.45, 7) is 1.37. The smallest absolute Gasteiger partial charge is 0.199 e. The lowest BCUT2D eigenvalue weighted by Crippen LogP contribution is -2.22. The molecule has 0 saturated heterocycles. The highest BCUT2D eigenvalue weighted by Crippen LogP contribution is 2.39. The molecule has 0 bridgehead atoms. The Morgan fingerprint density at radius 1 is 1.38 bits per heavy atom. The fraction of sp³-hybridized carbons (Fsp3) is 0.333. The molecule has 26 heavy (non-hydrogen) atoms. The van der Waals surface area contributed by atoms with Crippen LogP contribution in [-0.2, 0) is 13.2 Å². The number of hydrogen-bond donors (Lipinski definition) is 0. The number of hydrogen-bond acceptors (Lipinski definition) is 4. The van der Waals surface area contributed by atoms with Crippen LogP contribution in [0.1, 0.15) is 23.8 Å². The summed E-state index contributed by atoms with van der Waals surface area (Å²) in [5, 5.41) is 6.75. The van der Waals surface area contributed by atoms with Crippen LogP contribution in [0.15, 0.2) is 40.2 Å². The lowest BCUT2D eigenvalue weighted by molar-refractivity contribution is 0.246. The summed E-state index contributed by atoms with van der Waals surface area (Å²) >= 11 is 10.9. The molecule has 2 heterocycles. The van der Waals surface area contributed by atoms with E-state index >= 15 is 0 Å². The van der Waals surface area contributed by atoms with E-state index < -0.39 is 0 Å². The molecule has 0 N–H and O–H groups in total. The molecule has 2 aromatic heterocycles. The maximum Gasteiger partial charge on any atom is 0.199 e. The van der Waals surface area contributed by atoms with E-state index in [-0.39, 0.29) is 5.82 Å². The first-order valence-corrected chi connectivity index (χ1v) is 10.5. The molecule has 0 aliphatic heterocycles. The molecule has 4 rings (SSSR count). The zero-order valence-corrected chi connectivity index (χ0v) is 17.5. The third-order valence-electron chi connectivity index (χ3n) is 4.32. The van der Waals surface area contributed by atoms with E-state index in [0.717, 1.165) is 23.9 Å². The molecule has 0 unspecified atom stereocenters. The topological polar surface area (TPSA) is 26.0 Å². The van der Waals surface area contributed by atoms with Gasteiger partial charge in [-0.3, -0.25) is 9.47 Å². The standard InChI is InChI=1S/C18H18BrFN4S2/c1-22(9-14-8-12(19)10-26-14)11-23-18(25)24(13-6-7-13)17(21-23)15-4-2-3-5-16(15)20/h2-5,8,10,13H,6-7,9,11H2,1H3. The van der Waals surface area contributed by atoms with Crippen molar-refractivity contribution in [1.82, 2.24) is 19.2 Å². The molecule has 4 nitrogen and oxygen atoms in total. The maximum absolute atomic E-state index is 14.3. The van der Waals surface area contributed by atoms with E-state index in [1.54, 1.807) is 28.2 Å². The average molecular weight is 453 g/mol. The van der Waals surface area contributed by atoms with Crippen molar-refractivity contribution >= 4 is 39.5 Å². The van der Waals surface area contributed by atoms with Gasteiger partial charge in [-0.1, -0.05) is 12.1 Å². The van der Waals surface area contributed by atoms with Gasteiger partial charge in [0.05, 0.1) is 12.2 Å². The molecule has 8 heteroatoms. The fourth-order valence-corrected chi connectivity index (χ4v) is 4.85. The molecule has 1 aliphatic carbocycles. The highest BCUT2D eigenvalue weighted by Gasteiger charge is 2.30. The third kappa shape index (κ3) is 3.69. The first-order chi connectivity index (χ1) is 12.5. The Labute approximate surface area is 169 Å². The molecule has 0 atom stereocenters. The van der Waals surface area contributed by atoms with E-state index in [2.05, 4.69) is 37.4 Å². The Balaban J connectivity index is 1.64. The average Bonchev–Trinajstić information content (AvgIpc) is 3.28. The van der Waals surface area contributed by atoms with E-state index in [1.807, 2.05) is 17.7 Å². The van der Waals surface area contributed by atoms with Gasteiger partial charge in [-0.15, -0.1) is 11.3 Å². The fourth-order valence-electron chi connectivity index (χ4n) is 2.98. The number of rotatable bonds is 6. The SMILES string of the molecule is CN(Cc1cc(Br)cs1)Cn1nc(-c2ccccc2F)n(C2CC2)c1=S. The van der Waals surface area contributed by atoms with E-state index in [4.69, 9.17) is 12.2 Å². The van der Waals surface area contributed by atoms with Gasteiger partial charge in [0.1, 0.15) is 5.82 Å². The van der Waals surface area contributed by atoms with Crippen LogP contribution >= 0.6 is 39.5 Å². The highest BCUT2D eigenvalue weighted by atomic mass is 79.9. The van der Waals surface area contributed by atoms with E-state index in [0.29, 0.717) is 28.9 Å². The number of benzene rings is 1. The van der Waals surface area contributed by atoms with Crippen LogP contribution in [0.4, 0.5) is 4.39 Å². The first kappa shape index (κ1) is 18.0. The molecule has 1 saturated carbocycles. The van der Waals surface area contributed by atoms with Crippen molar-refractivity contribution in [3.8, 4) is 11.4 Å². The Kier molecular flexibility index (Phi) is 5.09. The monoisotopic (exact) mass is 452 g/mol. The summed E-state index contributed by atoms with van der Waals surface area (Å²) in [5.41, 5.74) is 0.508. The molecular weight excluding hydrogens is 435 g/mol. The lowest BCUT2D eigenvalue weighted by atomic mass is 10.2. The lowest BCUT2D eigenvalue weighted by Gasteiger charge is -2.15. The van der Waals surface area contributed by atoms with Crippen LogP contribution in [0.2, 0.25) is 0 Å². The van der Waals surface area contributed by atoms with Gasteiger partial charge in [-0.2, -0.15) is 5.10 Å². The van der Waals surface area contributed by atoms with Crippen molar-refractivity contribution in [2.45, 2.75) is 32.1 Å². The van der Waals surface area contributed by atoms with Crippen LogP contribution < -0.4 is 0 Å². The quantitative estimate of drug-likeness (QED) is 0.463. The molecule has 1 fully saturated rings. The molecule has 136 valence electrons. The summed E-state index contributed by atoms with van der Waals surface area (Å²) in [6.07, 6.45) is 2.14. The zero-order valence-electron chi connectivity index (χ0n) is 14.2. The highest BCUT2D eigenvalue weighted by molar-refractivity contribution is 9.10. The molecule has 1 aliphatic rings. The van der Waals surface area contributed by atoms with Gasteiger partial charge in [0.15, 0.2) is 10.6 Å². The first-order valence-electron chi connectivity index (χ1n) is 8.38. The predicted octanol–water partition coefficient (Wildman–Crippen LogP) is 5.47. The minimum absolute atomic E-state index is 0.265. The number of nitrogens with zero attached hydrogens (tertiary/aromatic N) is 4. The van der Waals surface area contributed by atoms with E-state index in [1.165, 1.54) is 10.9 Å². The van der Waals surface area contributed by atoms with Crippen LogP contribution in [0, 0.1) is 10.6 Å². The van der Waals surface area contributed by atoms with Gasteiger partial charge in [0.25, 0.3) is 0 Å². The van der Waals surface area contributed by atoms with Crippen molar-refractivity contribution in [3.05, 3.63) is 55.7 Å². The van der Waals surface area contributed by atoms with Crippen molar-refractivity contribution in [2.24, 2.45) is 0 Å². The Bertz CT molecular complexity index is 989. The van der Waals surface area contributed by atoms with Gasteiger partial charge >= 0.3 is 0 Å². The largest absolute Gasteiger partial charge is 0.297 e. The van der Waals surface area contributed by atoms with Gasteiger partial charge in [0.2, 0.25) is 0 Å². The molecular formula is C18H18BrFN4S2. The van der Waals surface area contributed by atoms with Crippen molar-refractivity contribution in [1.29, 1.82) is 0 Å². The van der Waals surface area contributed by atoms with Crippen molar-refractivity contribution < 1.29 is 4.39 Å². The minimum Gasteiger partial charge on any atom is -0.297 e. The summed E-state index contributed by atoms with van der Waals surface area (Å²) in [6, 6.07) is 9.22. The van der Waals surface area contributed by atoms with Gasteiger partial charge in [-0.05, 0) is 66.2 Å². The van der Waals surface area contributed by atoms with E-state index in [9.17, 15) is 4.39 Å². The van der Waals surface area contributed by atoms with Crippen molar-refractivity contribution in [2.75, 3.05) is 7.05 Å².